The van der Waals surface area contributed by atoms with Gasteiger partial charge in [0.25, 0.3) is 5.91 Å². The number of hydrogen-bond acceptors (Lipinski definition) is 5. The number of halogens is 2. The van der Waals surface area contributed by atoms with E-state index in [1.54, 1.807) is 0 Å². The number of esters is 1. The largest absolute Gasteiger partial charge is 0.453 e. The molecule has 0 saturated carbocycles. The molecule has 1 aromatic carbocycles. The first-order chi connectivity index (χ1) is 10.3. The number of carbonyl (C=O) groups excluding carboxylic acids is 3. The molecule has 1 aromatic rings. The number of nitrogens with one attached hydrogen (secondary N) is 1. The van der Waals surface area contributed by atoms with E-state index in [1.807, 2.05) is 5.32 Å². The number of alkyl carbamates (subject to hydrolysis) is 1. The highest BCUT2D eigenvalue weighted by atomic mass is 79.9. The molecule has 0 aliphatic rings. The average molecular weight is 374 g/mol. The summed E-state index contributed by atoms with van der Waals surface area (Å²) in [6.07, 6.45) is 0.0309. The van der Waals surface area contributed by atoms with Crippen molar-refractivity contribution in [2.24, 2.45) is 0 Å². The zero-order chi connectivity index (χ0) is 16.7. The number of hydrogen-bond donors (Lipinski definition) is 1. The fourth-order valence-electron chi connectivity index (χ4n) is 1.32. The fraction of sp³-hybridized carbons (Fsp3) is 0.214. The van der Waals surface area contributed by atoms with Gasteiger partial charge >= 0.3 is 12.1 Å². The number of ether oxygens (including phenoxy) is 2. The van der Waals surface area contributed by atoms with Crippen LogP contribution in [0.2, 0.25) is 0 Å². The van der Waals surface area contributed by atoms with Crippen molar-refractivity contribution in [3.05, 3.63) is 40.1 Å². The first kappa shape index (κ1) is 17.8. The Morgan fingerprint density at radius 3 is 2.68 bits per heavy atom. The van der Waals surface area contributed by atoms with E-state index in [1.165, 1.54) is 31.2 Å². The molecule has 0 aliphatic carbocycles. The van der Waals surface area contributed by atoms with Gasteiger partial charge in [-0.15, -0.1) is 0 Å². The summed E-state index contributed by atoms with van der Waals surface area (Å²) in [7, 11) is 1.09. The summed E-state index contributed by atoms with van der Waals surface area (Å²) in [4.78, 5) is 33.8. The van der Waals surface area contributed by atoms with Gasteiger partial charge in [-0.1, -0.05) is 15.9 Å². The molecule has 1 N–H and O–H groups in total. The molecule has 118 valence electrons. The van der Waals surface area contributed by atoms with E-state index in [0.29, 0.717) is 4.47 Å². The smallest absolute Gasteiger partial charge is 0.413 e. The first-order valence-corrected chi connectivity index (χ1v) is 6.85. The zero-order valence-electron chi connectivity index (χ0n) is 11.8. The summed E-state index contributed by atoms with van der Waals surface area (Å²) in [6.45, 7) is 1.28. The van der Waals surface area contributed by atoms with Crippen molar-refractivity contribution in [1.82, 2.24) is 5.32 Å². The molecule has 0 spiro atoms. The summed E-state index contributed by atoms with van der Waals surface area (Å²) in [5, 5.41) is 1.86. The third-order valence-corrected chi connectivity index (χ3v) is 2.92. The van der Waals surface area contributed by atoms with Crippen LogP contribution in [0.1, 0.15) is 12.5 Å². The van der Waals surface area contributed by atoms with E-state index in [9.17, 15) is 18.8 Å². The predicted molar refractivity (Wildman–Crippen MR) is 79.2 cm³/mol. The van der Waals surface area contributed by atoms with Crippen LogP contribution in [0.5, 0.6) is 0 Å². The molecule has 0 radical (unpaired) electrons. The lowest BCUT2D eigenvalue weighted by Gasteiger charge is -2.10. The fourth-order valence-corrected chi connectivity index (χ4v) is 1.70. The topological polar surface area (TPSA) is 81.7 Å². The Kier molecular flexibility index (Phi) is 6.71. The van der Waals surface area contributed by atoms with Gasteiger partial charge in [0.15, 0.2) is 6.10 Å². The highest BCUT2D eigenvalue weighted by Crippen LogP contribution is 2.16. The van der Waals surface area contributed by atoms with Crippen molar-refractivity contribution in [3.63, 3.8) is 0 Å². The third-order valence-electron chi connectivity index (χ3n) is 2.43. The van der Waals surface area contributed by atoms with Crippen LogP contribution in [0.15, 0.2) is 28.7 Å². The van der Waals surface area contributed by atoms with Gasteiger partial charge in [0.2, 0.25) is 0 Å². The molecular formula is C14H13BrFNO5. The van der Waals surface area contributed by atoms with Crippen molar-refractivity contribution < 1.29 is 28.2 Å². The summed E-state index contributed by atoms with van der Waals surface area (Å²) in [5.41, 5.74) is 0.179. The van der Waals surface area contributed by atoms with E-state index >= 15 is 0 Å². The van der Waals surface area contributed by atoms with Crippen molar-refractivity contribution in [2.75, 3.05) is 7.11 Å². The molecule has 2 amide bonds. The molecule has 1 atom stereocenters. The van der Waals surface area contributed by atoms with Crippen LogP contribution >= 0.6 is 15.9 Å². The molecule has 6 nitrogen and oxygen atoms in total. The Balaban J connectivity index is 2.62. The lowest BCUT2D eigenvalue weighted by Crippen LogP contribution is -2.39. The molecular weight excluding hydrogens is 361 g/mol. The number of amides is 2. The molecule has 1 rings (SSSR count). The first-order valence-electron chi connectivity index (χ1n) is 6.06. The number of methoxy groups -OCH3 is 1. The van der Waals surface area contributed by atoms with Crippen molar-refractivity contribution in [1.29, 1.82) is 0 Å². The van der Waals surface area contributed by atoms with Crippen LogP contribution in [0.4, 0.5) is 9.18 Å². The van der Waals surface area contributed by atoms with Gasteiger partial charge < -0.3 is 9.47 Å². The lowest BCUT2D eigenvalue weighted by molar-refractivity contribution is -0.149. The minimum absolute atomic E-state index is 0.179. The van der Waals surface area contributed by atoms with Gasteiger partial charge in [-0.25, -0.2) is 14.0 Å². The van der Waals surface area contributed by atoms with E-state index in [4.69, 9.17) is 4.74 Å². The highest BCUT2D eigenvalue weighted by molar-refractivity contribution is 9.10. The van der Waals surface area contributed by atoms with Crippen molar-refractivity contribution >= 4 is 40.0 Å². The van der Waals surface area contributed by atoms with Crippen LogP contribution in [0, 0.1) is 5.82 Å². The molecule has 0 aliphatic heterocycles. The summed E-state index contributed by atoms with van der Waals surface area (Å²) in [5.74, 6) is -2.20. The monoisotopic (exact) mass is 373 g/mol. The zero-order valence-corrected chi connectivity index (χ0v) is 13.3. The lowest BCUT2D eigenvalue weighted by atomic mass is 10.2. The summed E-state index contributed by atoms with van der Waals surface area (Å²) < 4.78 is 23.1. The van der Waals surface area contributed by atoms with Gasteiger partial charge in [-0.05, 0) is 31.2 Å². The van der Waals surface area contributed by atoms with Crippen molar-refractivity contribution in [3.8, 4) is 0 Å². The molecule has 0 heterocycles. The Labute approximate surface area is 134 Å². The van der Waals surface area contributed by atoms with Gasteiger partial charge in [-0.3, -0.25) is 10.1 Å². The normalized spacial score (nSPS) is 11.8. The van der Waals surface area contributed by atoms with Gasteiger partial charge in [0, 0.05) is 16.1 Å². The second-order valence-corrected chi connectivity index (χ2v) is 4.97. The maximum absolute atomic E-state index is 13.5. The number of rotatable bonds is 4. The van der Waals surface area contributed by atoms with Crippen LogP contribution in [0.3, 0.4) is 0 Å². The molecule has 0 bridgehead atoms. The number of imide groups is 1. The predicted octanol–water partition coefficient (Wildman–Crippen LogP) is 2.42. The quantitative estimate of drug-likeness (QED) is 0.647. The Morgan fingerprint density at radius 1 is 1.36 bits per heavy atom. The third kappa shape index (κ3) is 5.65. The second-order valence-electron chi connectivity index (χ2n) is 4.06. The number of carbonyl (C=O) groups is 3. The van der Waals surface area contributed by atoms with E-state index in [-0.39, 0.29) is 5.56 Å². The molecule has 8 heteroatoms. The van der Waals surface area contributed by atoms with Crippen LogP contribution in [-0.2, 0) is 19.1 Å². The van der Waals surface area contributed by atoms with Crippen LogP contribution in [0.25, 0.3) is 6.08 Å². The SMILES string of the molecule is COC(=O)NC(=O)[C@@H](C)OC(=O)/C=C/c1cc(Br)ccc1F. The Hall–Kier alpha value is -2.22. The second kappa shape index (κ2) is 8.28. The van der Waals surface area contributed by atoms with Crippen molar-refractivity contribution in [2.45, 2.75) is 13.0 Å². The summed E-state index contributed by atoms with van der Waals surface area (Å²) in [6, 6.07) is 4.23. The van der Waals surface area contributed by atoms with Crippen LogP contribution < -0.4 is 5.32 Å². The Morgan fingerprint density at radius 2 is 2.05 bits per heavy atom. The van der Waals surface area contributed by atoms with E-state index < -0.39 is 29.9 Å². The minimum atomic E-state index is -1.20. The molecule has 0 saturated heterocycles. The van der Waals surface area contributed by atoms with Gasteiger partial charge in [-0.2, -0.15) is 0 Å². The molecule has 0 fully saturated rings. The molecule has 0 unspecified atom stereocenters. The number of benzene rings is 1. The molecule has 22 heavy (non-hydrogen) atoms. The summed E-state index contributed by atoms with van der Waals surface area (Å²) >= 11 is 3.18. The minimum Gasteiger partial charge on any atom is -0.453 e. The maximum atomic E-state index is 13.5. The Bertz CT molecular complexity index is 617. The van der Waals surface area contributed by atoms with E-state index in [2.05, 4.69) is 20.7 Å². The average Bonchev–Trinajstić information content (AvgIpc) is 2.47. The standard InChI is InChI=1S/C14H13BrFNO5/c1-8(13(19)17-14(20)21-2)22-12(18)6-3-9-7-10(15)4-5-11(9)16/h3-8H,1-2H3,(H,17,19,20)/b6-3+/t8-/m1/s1. The maximum Gasteiger partial charge on any atom is 0.413 e. The van der Waals surface area contributed by atoms with Gasteiger partial charge in [0.1, 0.15) is 5.82 Å². The van der Waals surface area contributed by atoms with E-state index in [0.717, 1.165) is 13.2 Å². The molecule has 0 aromatic heterocycles. The van der Waals surface area contributed by atoms with Gasteiger partial charge in [0.05, 0.1) is 7.11 Å². The highest BCUT2D eigenvalue weighted by Gasteiger charge is 2.19. The van der Waals surface area contributed by atoms with Crippen LogP contribution in [-0.4, -0.2) is 31.2 Å².